The second-order valence-electron chi connectivity index (χ2n) is 6.42. The molecule has 0 radical (unpaired) electrons. The minimum Gasteiger partial charge on any atom is -0.433 e. The van der Waals surface area contributed by atoms with Gasteiger partial charge >= 0.3 is 0 Å². The van der Waals surface area contributed by atoms with E-state index < -0.39 is 0 Å². The number of amides is 1. The van der Waals surface area contributed by atoms with Gasteiger partial charge in [-0.25, -0.2) is 0 Å². The average molecular weight is 430 g/mol. The van der Waals surface area contributed by atoms with Crippen LogP contribution in [-0.4, -0.2) is 23.2 Å². The molecule has 0 aliphatic heterocycles. The van der Waals surface area contributed by atoms with E-state index >= 15 is 0 Å². The average Bonchev–Trinajstić information content (AvgIpc) is 3.27. The highest BCUT2D eigenvalue weighted by atomic mass is 32.1. The zero-order valence-corrected chi connectivity index (χ0v) is 17.3. The molecule has 0 aliphatic rings. The molecule has 0 fully saturated rings. The Bertz CT molecular complexity index is 1160. The van der Waals surface area contributed by atoms with E-state index in [4.69, 9.17) is 16.1 Å². The Balaban J connectivity index is 1.62. The van der Waals surface area contributed by atoms with Crippen LogP contribution in [0.3, 0.4) is 0 Å². The van der Waals surface area contributed by atoms with Crippen molar-refractivity contribution in [1.82, 2.24) is 4.98 Å². The van der Waals surface area contributed by atoms with Gasteiger partial charge < -0.3 is 10.1 Å². The number of carbonyl (C=O) groups excluding carboxylic acids is 1. The summed E-state index contributed by atoms with van der Waals surface area (Å²) in [6.45, 7) is 0. The van der Waals surface area contributed by atoms with E-state index in [1.54, 1.807) is 36.7 Å². The van der Waals surface area contributed by atoms with E-state index in [9.17, 15) is 4.79 Å². The van der Waals surface area contributed by atoms with Crippen LogP contribution in [0.25, 0.3) is 16.5 Å². The second-order valence-corrected chi connectivity index (χ2v) is 7.50. The van der Waals surface area contributed by atoms with Crippen molar-refractivity contribution in [2.24, 2.45) is 0 Å². The Morgan fingerprint density at radius 3 is 2.74 bits per heavy atom. The van der Waals surface area contributed by atoms with Crippen molar-refractivity contribution in [1.29, 1.82) is 16.1 Å². The maximum Gasteiger partial charge on any atom is 0.248 e. The number of anilines is 1. The fourth-order valence-electron chi connectivity index (χ4n) is 2.80. The first-order chi connectivity index (χ1) is 15.1. The van der Waals surface area contributed by atoms with Crippen molar-refractivity contribution in [2.45, 2.75) is 12.8 Å². The van der Waals surface area contributed by atoms with E-state index in [0.717, 1.165) is 28.0 Å². The lowest BCUT2D eigenvalue weighted by Gasteiger charge is -2.06. The minimum absolute atomic E-state index is 0.0404. The summed E-state index contributed by atoms with van der Waals surface area (Å²) < 4.78 is 4.69. The number of aromatic nitrogens is 1. The van der Waals surface area contributed by atoms with Gasteiger partial charge in [0.2, 0.25) is 5.91 Å². The molecule has 2 aromatic heterocycles. The van der Waals surface area contributed by atoms with Crippen LogP contribution in [0.1, 0.15) is 22.4 Å². The number of thiophene rings is 1. The maximum absolute atomic E-state index is 12.3. The molecule has 3 rings (SSSR count). The van der Waals surface area contributed by atoms with Gasteiger partial charge in [-0.1, -0.05) is 12.1 Å². The Hall–Kier alpha value is -4.09. The zero-order valence-electron chi connectivity index (χ0n) is 16.5. The summed E-state index contributed by atoms with van der Waals surface area (Å²) in [5, 5.41) is 26.2. The molecule has 0 aliphatic carbocycles. The molecule has 31 heavy (non-hydrogen) atoms. The monoisotopic (exact) mass is 429 g/mol. The number of pyridine rings is 1. The number of aryl methyl sites for hydroxylation is 1. The molecule has 3 N–H and O–H groups in total. The Morgan fingerprint density at radius 2 is 2.03 bits per heavy atom. The van der Waals surface area contributed by atoms with E-state index in [1.165, 1.54) is 17.4 Å². The number of ether oxygens (including phenoxy) is 1. The van der Waals surface area contributed by atoms with Gasteiger partial charge in [-0.15, -0.1) is 11.3 Å². The lowest BCUT2D eigenvalue weighted by Crippen LogP contribution is -2.08. The van der Waals surface area contributed by atoms with Crippen molar-refractivity contribution in [3.05, 3.63) is 76.9 Å². The normalized spacial score (nSPS) is 10.4. The van der Waals surface area contributed by atoms with Gasteiger partial charge in [0.25, 0.3) is 0 Å². The summed E-state index contributed by atoms with van der Waals surface area (Å²) in [7, 11) is 0. The van der Waals surface area contributed by atoms with Gasteiger partial charge in [-0.3, -0.25) is 20.6 Å². The highest BCUT2D eigenvalue weighted by Crippen LogP contribution is 2.30. The second kappa shape index (κ2) is 10.6. The molecule has 2 heterocycles. The van der Waals surface area contributed by atoms with Gasteiger partial charge in [0.1, 0.15) is 10.9 Å². The van der Waals surface area contributed by atoms with E-state index in [0.29, 0.717) is 23.4 Å². The van der Waals surface area contributed by atoms with Crippen molar-refractivity contribution in [3.8, 4) is 16.5 Å². The highest BCUT2D eigenvalue weighted by molar-refractivity contribution is 7.16. The smallest absolute Gasteiger partial charge is 0.248 e. The molecule has 7 nitrogen and oxygen atoms in total. The number of rotatable bonds is 8. The fourth-order valence-corrected chi connectivity index (χ4v) is 3.65. The molecule has 1 amide bonds. The minimum atomic E-state index is -0.271. The van der Waals surface area contributed by atoms with Gasteiger partial charge in [-0.05, 0) is 48.4 Å². The Kier molecular flexibility index (Phi) is 7.40. The molecular weight excluding hydrogens is 410 g/mol. The van der Waals surface area contributed by atoms with Crippen LogP contribution < -0.4 is 5.32 Å². The first-order valence-electron chi connectivity index (χ1n) is 9.34. The SMILES string of the molecule is N#Cc1ccc(-c2ccncc2/C=C/C(=O)Nc2ccc(CCC(=N)OC=N)cc2)s1. The number of carbonyl (C=O) groups is 1. The van der Waals surface area contributed by atoms with Crippen molar-refractivity contribution >= 4 is 41.3 Å². The summed E-state index contributed by atoms with van der Waals surface area (Å²) in [5.74, 6) is -0.230. The lowest BCUT2D eigenvalue weighted by atomic mass is 10.1. The van der Waals surface area contributed by atoms with E-state index in [2.05, 4.69) is 21.1 Å². The largest absolute Gasteiger partial charge is 0.433 e. The molecule has 0 saturated heterocycles. The molecule has 0 spiro atoms. The molecule has 1 aromatic carbocycles. The molecule has 0 saturated carbocycles. The van der Waals surface area contributed by atoms with Crippen LogP contribution in [0, 0.1) is 22.1 Å². The molecule has 0 bridgehead atoms. The van der Waals surface area contributed by atoms with Gasteiger partial charge in [0.15, 0.2) is 12.3 Å². The van der Waals surface area contributed by atoms with Gasteiger partial charge in [0.05, 0.1) is 0 Å². The Morgan fingerprint density at radius 1 is 1.23 bits per heavy atom. The van der Waals surface area contributed by atoms with Crippen LogP contribution in [0.4, 0.5) is 5.69 Å². The zero-order chi connectivity index (χ0) is 22.1. The van der Waals surface area contributed by atoms with Crippen LogP contribution in [0.15, 0.2) is 60.9 Å². The molecule has 0 unspecified atom stereocenters. The summed E-state index contributed by atoms with van der Waals surface area (Å²) in [6.07, 6.45) is 8.26. The number of hydrogen-bond donors (Lipinski definition) is 3. The van der Waals surface area contributed by atoms with Gasteiger partial charge in [0, 0.05) is 46.6 Å². The highest BCUT2D eigenvalue weighted by Gasteiger charge is 2.07. The van der Waals surface area contributed by atoms with E-state index in [1.807, 2.05) is 24.3 Å². The lowest BCUT2D eigenvalue weighted by molar-refractivity contribution is -0.111. The van der Waals surface area contributed by atoms with Gasteiger partial charge in [-0.2, -0.15) is 5.26 Å². The standard InChI is InChI=1S/C23H19N5O2S/c24-13-19-7-8-21(31-19)20-11-12-27-14-17(20)4-10-23(29)28-18-5-1-16(2-6-18)3-9-22(26)30-15-25/h1-2,4-8,10-12,14-15,25-26H,3,9H2,(H,28,29)/b10-4+,25-15?,26-22?. The summed E-state index contributed by atoms with van der Waals surface area (Å²) >= 11 is 1.39. The number of nitrogens with zero attached hydrogens (tertiary/aromatic N) is 2. The van der Waals surface area contributed by atoms with Crippen molar-refractivity contribution in [3.63, 3.8) is 0 Å². The molecule has 0 atom stereocenters. The molecule has 154 valence electrons. The molecule has 8 heteroatoms. The number of hydrogen-bond acceptors (Lipinski definition) is 7. The van der Waals surface area contributed by atoms with Crippen LogP contribution in [0.5, 0.6) is 0 Å². The quantitative estimate of drug-likeness (QED) is 0.269. The summed E-state index contributed by atoms with van der Waals surface area (Å²) in [4.78, 5) is 18.0. The summed E-state index contributed by atoms with van der Waals surface area (Å²) in [5.41, 5.74) is 3.36. The van der Waals surface area contributed by atoms with Crippen molar-refractivity contribution < 1.29 is 9.53 Å². The predicted octanol–water partition coefficient (Wildman–Crippen LogP) is 4.87. The topological polar surface area (TPSA) is 123 Å². The number of nitrogens with one attached hydrogen (secondary N) is 3. The van der Waals surface area contributed by atoms with Crippen LogP contribution >= 0.6 is 11.3 Å². The summed E-state index contributed by atoms with van der Waals surface area (Å²) in [6, 6.07) is 15.0. The third-order valence-electron chi connectivity index (χ3n) is 4.31. The van der Waals surface area contributed by atoms with Crippen LogP contribution in [0.2, 0.25) is 0 Å². The van der Waals surface area contributed by atoms with Crippen LogP contribution in [-0.2, 0) is 16.0 Å². The number of nitriles is 1. The molecule has 3 aromatic rings. The fraction of sp³-hybridized carbons (Fsp3) is 0.0870. The maximum atomic E-state index is 12.3. The number of benzene rings is 1. The third kappa shape index (κ3) is 6.19. The third-order valence-corrected chi connectivity index (χ3v) is 5.33. The Labute approximate surface area is 183 Å². The van der Waals surface area contributed by atoms with E-state index in [-0.39, 0.29) is 11.8 Å². The first kappa shape index (κ1) is 21.6. The first-order valence-corrected chi connectivity index (χ1v) is 10.2. The molecular formula is C23H19N5O2S. The predicted molar refractivity (Wildman–Crippen MR) is 122 cm³/mol. The van der Waals surface area contributed by atoms with Crippen molar-refractivity contribution in [2.75, 3.05) is 5.32 Å².